The Labute approximate surface area is 45.4 Å². The van der Waals surface area contributed by atoms with E-state index in [4.69, 9.17) is 8.76 Å². The third-order valence-electron chi connectivity index (χ3n) is 0. The van der Waals surface area contributed by atoms with Gasteiger partial charge in [-0.1, -0.05) is 0 Å². The zero-order valence-corrected chi connectivity index (χ0v) is 3.08. The number of hydrogen-bond acceptors (Lipinski definition) is 1. The fraction of sp³-hybridized carbons (Fsp3) is 1.00. The molecule has 1 atom stereocenters. The van der Waals surface area contributed by atoms with Crippen molar-refractivity contribution in [1.82, 2.24) is 0 Å². The van der Waals surface area contributed by atoms with Crippen molar-refractivity contribution in [2.45, 2.75) is 0 Å². The third-order valence-corrected chi connectivity index (χ3v) is 0. The molecule has 0 rings (SSSR count). The Morgan fingerprint density at radius 2 is 1.80 bits per heavy atom. The van der Waals surface area contributed by atoms with Crippen LogP contribution in [0, 0.1) is 0 Å². The van der Waals surface area contributed by atoms with Crippen LogP contribution in [0.3, 0.4) is 0 Å². The van der Waals surface area contributed by atoms with E-state index in [1.165, 1.54) is 6.26 Å². The summed E-state index contributed by atoms with van der Waals surface area (Å²) >= 11 is -1.61. The second-order valence-electron chi connectivity index (χ2n) is 0.424. The molecule has 0 radical (unpaired) electrons. The molecule has 4 heteroatoms. The minimum atomic E-state index is -1.61. The Morgan fingerprint density at radius 1 is 1.80 bits per heavy atom. The fourth-order valence-electron chi connectivity index (χ4n) is 0. The SMILES string of the molecule is CS(=O)O.[LiH]. The van der Waals surface area contributed by atoms with Crippen LogP contribution in [0.1, 0.15) is 0 Å². The molecular formula is CH5LiO2S. The van der Waals surface area contributed by atoms with Crippen molar-refractivity contribution in [2.24, 2.45) is 0 Å². The van der Waals surface area contributed by atoms with Gasteiger partial charge in [-0.2, -0.15) is 0 Å². The molecule has 2 nitrogen and oxygen atoms in total. The fourth-order valence-corrected chi connectivity index (χ4v) is 0. The first-order valence-electron chi connectivity index (χ1n) is 0.757. The molecule has 0 aromatic carbocycles. The second kappa shape index (κ2) is 4.71. The summed E-state index contributed by atoms with van der Waals surface area (Å²) in [5.41, 5.74) is 0. The first-order chi connectivity index (χ1) is 1.73. The normalized spacial score (nSPS) is 12.4. The summed E-state index contributed by atoms with van der Waals surface area (Å²) in [4.78, 5) is 0. The van der Waals surface area contributed by atoms with E-state index in [9.17, 15) is 0 Å². The van der Waals surface area contributed by atoms with Crippen LogP contribution in [-0.4, -0.2) is 33.9 Å². The van der Waals surface area contributed by atoms with E-state index in [0.717, 1.165) is 0 Å². The number of rotatable bonds is 0. The van der Waals surface area contributed by atoms with Crippen LogP contribution < -0.4 is 0 Å². The average Bonchev–Trinajstić information content (AvgIpc) is 0.811. The van der Waals surface area contributed by atoms with Gasteiger partial charge in [-0.25, -0.2) is 4.21 Å². The molecule has 1 N–H and O–H groups in total. The van der Waals surface area contributed by atoms with Crippen LogP contribution in [0.15, 0.2) is 0 Å². The Balaban J connectivity index is 0. The van der Waals surface area contributed by atoms with Crippen LogP contribution in [0.25, 0.3) is 0 Å². The van der Waals surface area contributed by atoms with Crippen LogP contribution in [0.2, 0.25) is 0 Å². The Hall–Kier alpha value is 0.707. The van der Waals surface area contributed by atoms with Gasteiger partial charge in [0.05, 0.1) is 0 Å². The quantitative estimate of drug-likeness (QED) is 0.310. The summed E-state index contributed by atoms with van der Waals surface area (Å²) in [5.74, 6) is 0. The summed E-state index contributed by atoms with van der Waals surface area (Å²) in [6.07, 6.45) is 1.19. The van der Waals surface area contributed by atoms with Crippen molar-refractivity contribution in [1.29, 1.82) is 0 Å². The van der Waals surface area contributed by atoms with Gasteiger partial charge in [0.2, 0.25) is 0 Å². The van der Waals surface area contributed by atoms with Crippen LogP contribution in [0.5, 0.6) is 0 Å². The van der Waals surface area contributed by atoms with Gasteiger partial charge in [0.25, 0.3) is 0 Å². The monoisotopic (exact) mass is 88.0 g/mol. The molecule has 0 aromatic rings. The zero-order chi connectivity index (χ0) is 3.58. The molecule has 5 heavy (non-hydrogen) atoms. The van der Waals surface area contributed by atoms with E-state index < -0.39 is 11.1 Å². The molecule has 0 bridgehead atoms. The molecule has 28 valence electrons. The second-order valence-corrected chi connectivity index (χ2v) is 1.27. The average molecular weight is 88.1 g/mol. The predicted octanol–water partition coefficient (Wildman–Crippen LogP) is -0.811. The maximum absolute atomic E-state index is 9.11. The molecule has 0 saturated heterocycles. The van der Waals surface area contributed by atoms with E-state index in [-0.39, 0.29) is 18.9 Å². The molecule has 0 spiro atoms. The van der Waals surface area contributed by atoms with Gasteiger partial charge in [-0.05, 0) is 0 Å². The predicted molar refractivity (Wildman–Crippen MR) is 23.8 cm³/mol. The van der Waals surface area contributed by atoms with Gasteiger partial charge in [-0.15, -0.1) is 0 Å². The van der Waals surface area contributed by atoms with Crippen molar-refractivity contribution < 1.29 is 8.76 Å². The first-order valence-corrected chi connectivity index (χ1v) is 2.27. The minimum absolute atomic E-state index is 0. The molecule has 0 fully saturated rings. The third kappa shape index (κ3) is 69.0. The molecule has 0 aliphatic heterocycles. The Bertz CT molecular complexity index is 32.6. The summed E-state index contributed by atoms with van der Waals surface area (Å²) < 4.78 is 16.6. The van der Waals surface area contributed by atoms with Crippen LogP contribution >= 0.6 is 0 Å². The van der Waals surface area contributed by atoms with E-state index in [0.29, 0.717) is 0 Å². The summed E-state index contributed by atoms with van der Waals surface area (Å²) in [7, 11) is 0. The van der Waals surface area contributed by atoms with Gasteiger partial charge in [0.15, 0.2) is 0 Å². The van der Waals surface area contributed by atoms with E-state index in [2.05, 4.69) is 0 Å². The van der Waals surface area contributed by atoms with Gasteiger partial charge in [0.1, 0.15) is 11.1 Å². The summed E-state index contributed by atoms with van der Waals surface area (Å²) in [6, 6.07) is 0. The topological polar surface area (TPSA) is 37.3 Å². The maximum atomic E-state index is 9.11. The molecule has 0 aliphatic rings. The van der Waals surface area contributed by atoms with Gasteiger partial charge in [0, 0.05) is 6.26 Å². The molecule has 0 heterocycles. The molecule has 0 aliphatic carbocycles. The number of hydrogen-bond donors (Lipinski definition) is 1. The van der Waals surface area contributed by atoms with E-state index >= 15 is 0 Å². The van der Waals surface area contributed by atoms with Crippen molar-refractivity contribution in [2.75, 3.05) is 6.26 Å². The van der Waals surface area contributed by atoms with Gasteiger partial charge in [-0.3, -0.25) is 0 Å². The molecule has 0 saturated carbocycles. The summed E-state index contributed by atoms with van der Waals surface area (Å²) in [6.45, 7) is 0. The Kier molecular flexibility index (Phi) is 8.66. The van der Waals surface area contributed by atoms with Crippen molar-refractivity contribution in [3.8, 4) is 0 Å². The van der Waals surface area contributed by atoms with E-state index in [1.54, 1.807) is 0 Å². The van der Waals surface area contributed by atoms with Crippen molar-refractivity contribution in [3.05, 3.63) is 0 Å². The molecule has 0 aromatic heterocycles. The molecule has 1 unspecified atom stereocenters. The van der Waals surface area contributed by atoms with Gasteiger partial charge < -0.3 is 4.55 Å². The molecular weight excluding hydrogens is 83.0 g/mol. The van der Waals surface area contributed by atoms with E-state index in [1.807, 2.05) is 0 Å². The Morgan fingerprint density at radius 3 is 1.80 bits per heavy atom. The van der Waals surface area contributed by atoms with Gasteiger partial charge >= 0.3 is 18.9 Å². The van der Waals surface area contributed by atoms with Crippen molar-refractivity contribution in [3.63, 3.8) is 0 Å². The van der Waals surface area contributed by atoms with Crippen LogP contribution in [-0.2, 0) is 11.1 Å². The standard InChI is InChI=1S/CH4O2S.Li.H/c1-4(2)3;;/h1H3,(H,2,3);;. The van der Waals surface area contributed by atoms with Crippen LogP contribution in [0.4, 0.5) is 0 Å². The first kappa shape index (κ1) is 9.20. The summed E-state index contributed by atoms with van der Waals surface area (Å²) in [5, 5.41) is 0. The zero-order valence-electron chi connectivity index (χ0n) is 2.26. The van der Waals surface area contributed by atoms with Crippen molar-refractivity contribution >= 4 is 29.9 Å². The molecule has 0 amide bonds.